The number of halogens is 2. The van der Waals surface area contributed by atoms with E-state index < -0.39 is 36.2 Å². The number of benzene rings is 2. The van der Waals surface area contributed by atoms with Gasteiger partial charge in [-0.25, -0.2) is 13.6 Å². The average Bonchev–Trinajstić information content (AvgIpc) is 2.60. The van der Waals surface area contributed by atoms with E-state index in [9.17, 15) is 18.4 Å². The highest BCUT2D eigenvalue weighted by molar-refractivity contribution is 5.94. The molecule has 0 radical (unpaired) electrons. The van der Waals surface area contributed by atoms with Crippen LogP contribution in [0.3, 0.4) is 0 Å². The van der Waals surface area contributed by atoms with Gasteiger partial charge in [0.1, 0.15) is 22.9 Å². The molecule has 0 aromatic heterocycles. The molecule has 1 atom stereocenters. The van der Waals surface area contributed by atoms with Crippen LogP contribution in [-0.2, 0) is 9.53 Å². The molecule has 0 fully saturated rings. The predicted octanol–water partition coefficient (Wildman–Crippen LogP) is 3.40. The first-order chi connectivity index (χ1) is 12.4. The zero-order chi connectivity index (χ0) is 19.1. The smallest absolute Gasteiger partial charge is 0.342 e. The Morgan fingerprint density at radius 3 is 2.58 bits per heavy atom. The van der Waals surface area contributed by atoms with Crippen molar-refractivity contribution in [2.45, 2.75) is 19.9 Å². The van der Waals surface area contributed by atoms with Crippen molar-refractivity contribution in [2.75, 3.05) is 13.2 Å². The van der Waals surface area contributed by atoms with Gasteiger partial charge in [-0.3, -0.25) is 4.79 Å². The first kappa shape index (κ1) is 19.4. The van der Waals surface area contributed by atoms with Gasteiger partial charge in [-0.15, -0.1) is 0 Å². The molecule has 5 nitrogen and oxygen atoms in total. The topological polar surface area (TPSA) is 64.6 Å². The number of carbonyl (C=O) groups is 2. The van der Waals surface area contributed by atoms with Crippen LogP contribution in [0.4, 0.5) is 8.78 Å². The molecular formula is C19H19F2NO4. The zero-order valence-corrected chi connectivity index (χ0v) is 14.4. The van der Waals surface area contributed by atoms with Crippen molar-refractivity contribution < 1.29 is 27.8 Å². The van der Waals surface area contributed by atoms with Crippen molar-refractivity contribution in [1.29, 1.82) is 0 Å². The van der Waals surface area contributed by atoms with Gasteiger partial charge in [-0.2, -0.15) is 0 Å². The lowest BCUT2D eigenvalue weighted by molar-refractivity contribution is -0.124. The average molecular weight is 363 g/mol. The minimum atomic E-state index is -0.763. The van der Waals surface area contributed by atoms with Crippen molar-refractivity contribution in [2.24, 2.45) is 0 Å². The molecule has 2 rings (SSSR count). The number of nitrogens with one attached hydrogen (secondary N) is 1. The van der Waals surface area contributed by atoms with E-state index in [4.69, 9.17) is 9.47 Å². The summed E-state index contributed by atoms with van der Waals surface area (Å²) in [5.74, 6) is -2.41. The van der Waals surface area contributed by atoms with Crippen molar-refractivity contribution >= 4 is 11.9 Å². The summed E-state index contributed by atoms with van der Waals surface area (Å²) >= 11 is 0. The Morgan fingerprint density at radius 1 is 1.15 bits per heavy atom. The first-order valence-corrected chi connectivity index (χ1v) is 8.05. The lowest BCUT2D eigenvalue weighted by atomic mass is 10.1. The summed E-state index contributed by atoms with van der Waals surface area (Å²) in [7, 11) is 0. The molecule has 0 aliphatic heterocycles. The van der Waals surface area contributed by atoms with Crippen LogP contribution in [-0.4, -0.2) is 25.1 Å². The maximum absolute atomic E-state index is 13.7. The molecule has 7 heteroatoms. The van der Waals surface area contributed by atoms with E-state index in [0.29, 0.717) is 12.4 Å². The Balaban J connectivity index is 1.93. The Labute approximate surface area is 149 Å². The van der Waals surface area contributed by atoms with Gasteiger partial charge < -0.3 is 14.8 Å². The SMILES string of the molecule is CCOc1ccccc1C(=O)OCC(=O)N[C@@H](C)c1ccc(F)cc1F. The molecule has 0 aliphatic rings. The third-order valence-electron chi connectivity index (χ3n) is 3.55. The zero-order valence-electron chi connectivity index (χ0n) is 14.4. The number of rotatable bonds is 7. The fourth-order valence-electron chi connectivity index (χ4n) is 2.34. The fraction of sp³-hybridized carbons (Fsp3) is 0.263. The minimum absolute atomic E-state index is 0.132. The molecule has 0 saturated carbocycles. The largest absolute Gasteiger partial charge is 0.493 e. The van der Waals surface area contributed by atoms with Crippen LogP contribution >= 0.6 is 0 Å². The highest BCUT2D eigenvalue weighted by Gasteiger charge is 2.18. The van der Waals surface area contributed by atoms with E-state index in [1.54, 1.807) is 32.0 Å². The molecule has 1 N–H and O–H groups in total. The monoisotopic (exact) mass is 363 g/mol. The van der Waals surface area contributed by atoms with E-state index in [1.807, 2.05) is 0 Å². The van der Waals surface area contributed by atoms with E-state index in [2.05, 4.69) is 5.32 Å². The molecule has 1 amide bonds. The summed E-state index contributed by atoms with van der Waals surface area (Å²) in [6.07, 6.45) is 0. The van der Waals surface area contributed by atoms with Gasteiger partial charge in [-0.05, 0) is 32.0 Å². The highest BCUT2D eigenvalue weighted by atomic mass is 19.1. The van der Waals surface area contributed by atoms with Crippen LogP contribution in [0.1, 0.15) is 35.8 Å². The van der Waals surface area contributed by atoms with Crippen molar-refractivity contribution in [3.05, 3.63) is 65.2 Å². The Kier molecular flexibility index (Phi) is 6.66. The molecule has 2 aromatic carbocycles. The predicted molar refractivity (Wildman–Crippen MR) is 90.8 cm³/mol. The number of carbonyl (C=O) groups excluding carboxylic acids is 2. The Morgan fingerprint density at radius 2 is 1.88 bits per heavy atom. The number of hydrogen-bond acceptors (Lipinski definition) is 4. The van der Waals surface area contributed by atoms with Crippen LogP contribution in [0.5, 0.6) is 5.75 Å². The van der Waals surface area contributed by atoms with Gasteiger partial charge in [-0.1, -0.05) is 18.2 Å². The van der Waals surface area contributed by atoms with Gasteiger partial charge in [0.15, 0.2) is 6.61 Å². The molecule has 2 aromatic rings. The second-order valence-electron chi connectivity index (χ2n) is 5.46. The maximum Gasteiger partial charge on any atom is 0.342 e. The molecule has 0 aliphatic carbocycles. The summed E-state index contributed by atoms with van der Waals surface area (Å²) in [5, 5.41) is 2.49. The van der Waals surface area contributed by atoms with Crippen LogP contribution < -0.4 is 10.1 Å². The van der Waals surface area contributed by atoms with Gasteiger partial charge in [0.2, 0.25) is 0 Å². The number of para-hydroxylation sites is 1. The quantitative estimate of drug-likeness (QED) is 0.766. The molecule has 0 heterocycles. The molecule has 0 unspecified atom stereocenters. The normalized spacial score (nSPS) is 11.5. The van der Waals surface area contributed by atoms with Gasteiger partial charge >= 0.3 is 5.97 Å². The van der Waals surface area contributed by atoms with Crippen molar-refractivity contribution in [1.82, 2.24) is 5.32 Å². The van der Waals surface area contributed by atoms with Crippen molar-refractivity contribution in [3.8, 4) is 5.75 Å². The van der Waals surface area contributed by atoms with Gasteiger partial charge in [0.25, 0.3) is 5.91 Å². The fourth-order valence-corrected chi connectivity index (χ4v) is 2.34. The van der Waals surface area contributed by atoms with Gasteiger partial charge in [0, 0.05) is 11.6 Å². The summed E-state index contributed by atoms with van der Waals surface area (Å²) in [5.41, 5.74) is 0.340. The second kappa shape index (κ2) is 8.94. The summed E-state index contributed by atoms with van der Waals surface area (Å²) in [4.78, 5) is 24.0. The summed E-state index contributed by atoms with van der Waals surface area (Å²) in [6, 6.07) is 8.90. The van der Waals surface area contributed by atoms with Crippen LogP contribution in [0, 0.1) is 11.6 Å². The number of amides is 1. The second-order valence-corrected chi connectivity index (χ2v) is 5.46. The Bertz CT molecular complexity index is 795. The van der Waals surface area contributed by atoms with Gasteiger partial charge in [0.05, 0.1) is 12.6 Å². The number of hydrogen-bond donors (Lipinski definition) is 1. The standard InChI is InChI=1S/C19H19F2NO4/c1-3-25-17-7-5-4-6-15(17)19(24)26-11-18(23)22-12(2)14-9-8-13(20)10-16(14)21/h4-10,12H,3,11H2,1-2H3,(H,22,23)/t12-/m0/s1. The minimum Gasteiger partial charge on any atom is -0.493 e. The van der Waals surface area contributed by atoms with Crippen molar-refractivity contribution in [3.63, 3.8) is 0 Å². The molecule has 26 heavy (non-hydrogen) atoms. The molecule has 0 bridgehead atoms. The van der Waals surface area contributed by atoms with E-state index in [1.165, 1.54) is 12.1 Å². The van der Waals surface area contributed by atoms with E-state index in [0.717, 1.165) is 12.1 Å². The summed E-state index contributed by atoms with van der Waals surface area (Å²) in [6.45, 7) is 3.17. The summed E-state index contributed by atoms with van der Waals surface area (Å²) < 4.78 is 37.0. The van der Waals surface area contributed by atoms with Crippen LogP contribution in [0.2, 0.25) is 0 Å². The van der Waals surface area contributed by atoms with Crippen LogP contribution in [0.25, 0.3) is 0 Å². The first-order valence-electron chi connectivity index (χ1n) is 8.05. The van der Waals surface area contributed by atoms with E-state index in [-0.39, 0.29) is 11.1 Å². The number of esters is 1. The third kappa shape index (κ3) is 5.02. The molecule has 0 saturated heterocycles. The lowest BCUT2D eigenvalue weighted by Gasteiger charge is -2.15. The Hall–Kier alpha value is -2.96. The highest BCUT2D eigenvalue weighted by Crippen LogP contribution is 2.19. The van der Waals surface area contributed by atoms with Crippen LogP contribution in [0.15, 0.2) is 42.5 Å². The number of ether oxygens (including phenoxy) is 2. The maximum atomic E-state index is 13.7. The molecular weight excluding hydrogens is 344 g/mol. The third-order valence-corrected chi connectivity index (χ3v) is 3.55. The molecule has 0 spiro atoms. The lowest BCUT2D eigenvalue weighted by Crippen LogP contribution is -2.31. The molecule has 138 valence electrons. The van der Waals surface area contributed by atoms with E-state index >= 15 is 0 Å².